The van der Waals surface area contributed by atoms with Gasteiger partial charge in [0.25, 0.3) is 0 Å². The minimum Gasteiger partial charge on any atom is -0.494 e. The van der Waals surface area contributed by atoms with Crippen molar-refractivity contribution in [1.82, 2.24) is 0 Å². The monoisotopic (exact) mass is 509 g/mol. The second-order valence-corrected chi connectivity index (χ2v) is 9.58. The van der Waals surface area contributed by atoms with E-state index >= 15 is 0 Å². The number of hydrogen-bond donors (Lipinski definition) is 1. The number of carbonyl (C=O) groups is 2. The molecule has 0 aliphatic heterocycles. The van der Waals surface area contributed by atoms with Crippen LogP contribution in [0.1, 0.15) is 67.9 Å². The zero-order valence-corrected chi connectivity index (χ0v) is 22.5. The third-order valence-corrected chi connectivity index (χ3v) is 6.58. The number of nitrogens with one attached hydrogen (secondary N) is 1. The van der Waals surface area contributed by atoms with Gasteiger partial charge < -0.3 is 19.5 Å². The van der Waals surface area contributed by atoms with Gasteiger partial charge in [0.2, 0.25) is 5.91 Å². The molecule has 1 aromatic heterocycles. The third-order valence-electron chi connectivity index (χ3n) is 5.68. The van der Waals surface area contributed by atoms with Crippen molar-refractivity contribution in [2.45, 2.75) is 53.4 Å². The molecule has 1 heterocycles. The predicted molar refractivity (Wildman–Crippen MR) is 146 cm³/mol. The molecule has 1 N–H and O–H groups in total. The highest BCUT2D eigenvalue weighted by molar-refractivity contribution is 7.15. The van der Waals surface area contributed by atoms with Gasteiger partial charge in [-0.3, -0.25) is 4.79 Å². The Labute approximate surface area is 217 Å². The van der Waals surface area contributed by atoms with Gasteiger partial charge in [-0.25, -0.2) is 4.79 Å². The molecule has 3 aromatic rings. The average Bonchev–Trinajstić information content (AvgIpc) is 3.26. The standard InChI is InChI=1S/C29H35NO5S/c1-6-33-22-12-10-21(11-13-22)25-18-36-28(27(25)29(32)34-7-2)30-26(31)9-8-16-35-23-14-15-24(19(3)4)20(5)17-23/h10-15,17-19H,6-9,16H2,1-5H3,(H,30,31). The zero-order chi connectivity index (χ0) is 26.1. The van der Waals surface area contributed by atoms with Crippen LogP contribution >= 0.6 is 11.3 Å². The van der Waals surface area contributed by atoms with Crippen molar-refractivity contribution in [2.75, 3.05) is 25.1 Å². The zero-order valence-electron chi connectivity index (χ0n) is 21.7. The van der Waals surface area contributed by atoms with Crippen LogP contribution in [0.3, 0.4) is 0 Å². The molecular formula is C29H35NO5S. The van der Waals surface area contributed by atoms with Gasteiger partial charge in [-0.15, -0.1) is 11.3 Å². The highest BCUT2D eigenvalue weighted by Gasteiger charge is 2.23. The summed E-state index contributed by atoms with van der Waals surface area (Å²) in [6.07, 6.45) is 0.838. The summed E-state index contributed by atoms with van der Waals surface area (Å²) in [6, 6.07) is 13.6. The minimum absolute atomic E-state index is 0.171. The third kappa shape index (κ3) is 7.10. The van der Waals surface area contributed by atoms with Crippen LogP contribution < -0.4 is 14.8 Å². The highest BCUT2D eigenvalue weighted by Crippen LogP contribution is 2.37. The first-order valence-corrected chi connectivity index (χ1v) is 13.3. The van der Waals surface area contributed by atoms with E-state index in [1.165, 1.54) is 22.5 Å². The van der Waals surface area contributed by atoms with Crippen molar-refractivity contribution in [3.8, 4) is 22.6 Å². The average molecular weight is 510 g/mol. The maximum atomic E-state index is 12.8. The largest absolute Gasteiger partial charge is 0.494 e. The van der Waals surface area contributed by atoms with E-state index in [1.807, 2.05) is 48.7 Å². The topological polar surface area (TPSA) is 73.9 Å². The number of aryl methyl sites for hydroxylation is 1. The Kier molecular flexibility index (Phi) is 9.94. The summed E-state index contributed by atoms with van der Waals surface area (Å²) in [4.78, 5) is 25.4. The van der Waals surface area contributed by atoms with Crippen molar-refractivity contribution >= 4 is 28.2 Å². The Bertz CT molecular complexity index is 1170. The molecule has 0 radical (unpaired) electrons. The number of ether oxygens (including phenoxy) is 3. The summed E-state index contributed by atoms with van der Waals surface area (Å²) < 4.78 is 16.6. The van der Waals surface area contributed by atoms with Crippen molar-refractivity contribution in [3.05, 3.63) is 64.5 Å². The SMILES string of the molecule is CCOC(=O)c1c(-c2ccc(OCC)cc2)csc1NC(=O)CCCOc1ccc(C(C)C)c(C)c1. The van der Waals surface area contributed by atoms with Crippen LogP contribution in [-0.2, 0) is 9.53 Å². The molecule has 0 saturated carbocycles. The van der Waals surface area contributed by atoms with E-state index in [2.05, 4.69) is 32.2 Å². The molecule has 0 aliphatic carbocycles. The highest BCUT2D eigenvalue weighted by atomic mass is 32.1. The molecule has 0 fully saturated rings. The van der Waals surface area contributed by atoms with E-state index < -0.39 is 5.97 Å². The lowest BCUT2D eigenvalue weighted by atomic mass is 9.98. The van der Waals surface area contributed by atoms with Crippen LogP contribution in [-0.4, -0.2) is 31.7 Å². The summed E-state index contributed by atoms with van der Waals surface area (Å²) in [7, 11) is 0. The molecule has 0 saturated heterocycles. The Morgan fingerprint density at radius 1 is 0.972 bits per heavy atom. The Morgan fingerprint density at radius 2 is 1.69 bits per heavy atom. The summed E-state index contributed by atoms with van der Waals surface area (Å²) in [6.45, 7) is 11.4. The number of carbonyl (C=O) groups excluding carboxylic acids is 2. The second-order valence-electron chi connectivity index (χ2n) is 8.70. The maximum Gasteiger partial charge on any atom is 0.341 e. The van der Waals surface area contributed by atoms with E-state index in [0.717, 1.165) is 22.6 Å². The lowest BCUT2D eigenvalue weighted by molar-refractivity contribution is -0.116. The van der Waals surface area contributed by atoms with E-state index in [1.54, 1.807) is 6.92 Å². The molecule has 0 unspecified atom stereocenters. The van der Waals surface area contributed by atoms with E-state index in [4.69, 9.17) is 14.2 Å². The molecule has 0 spiro atoms. The Hall–Kier alpha value is -3.32. The molecule has 6 nitrogen and oxygen atoms in total. The minimum atomic E-state index is -0.457. The first-order chi connectivity index (χ1) is 17.3. The quantitative estimate of drug-likeness (QED) is 0.206. The van der Waals surface area contributed by atoms with Crippen LogP contribution in [0.5, 0.6) is 11.5 Å². The number of hydrogen-bond acceptors (Lipinski definition) is 6. The lowest BCUT2D eigenvalue weighted by Crippen LogP contribution is -2.15. The summed E-state index contributed by atoms with van der Waals surface area (Å²) in [5, 5.41) is 5.25. The van der Waals surface area contributed by atoms with E-state index in [-0.39, 0.29) is 18.9 Å². The molecular weight excluding hydrogens is 474 g/mol. The van der Waals surface area contributed by atoms with Gasteiger partial charge in [-0.1, -0.05) is 32.0 Å². The van der Waals surface area contributed by atoms with Gasteiger partial charge in [0.1, 0.15) is 22.1 Å². The lowest BCUT2D eigenvalue weighted by Gasteiger charge is -2.12. The van der Waals surface area contributed by atoms with Crippen LogP contribution in [0.15, 0.2) is 47.8 Å². The fourth-order valence-electron chi connectivity index (χ4n) is 3.96. The second kappa shape index (κ2) is 13.1. The number of anilines is 1. The summed E-state index contributed by atoms with van der Waals surface area (Å²) >= 11 is 1.31. The number of amides is 1. The summed E-state index contributed by atoms with van der Waals surface area (Å²) in [5.74, 6) is 1.41. The molecule has 0 aliphatic rings. The first-order valence-electron chi connectivity index (χ1n) is 12.4. The van der Waals surface area contributed by atoms with Gasteiger partial charge >= 0.3 is 5.97 Å². The van der Waals surface area contributed by atoms with Gasteiger partial charge in [-0.2, -0.15) is 0 Å². The number of esters is 1. The number of thiophene rings is 1. The van der Waals surface area contributed by atoms with Gasteiger partial charge in [0, 0.05) is 17.4 Å². The number of benzene rings is 2. The van der Waals surface area contributed by atoms with Crippen LogP contribution in [0.2, 0.25) is 0 Å². The van der Waals surface area contributed by atoms with Gasteiger partial charge in [0.15, 0.2) is 0 Å². The van der Waals surface area contributed by atoms with Crippen LogP contribution in [0.4, 0.5) is 5.00 Å². The fraction of sp³-hybridized carbons (Fsp3) is 0.379. The Balaban J connectivity index is 1.62. The normalized spacial score (nSPS) is 10.8. The van der Waals surface area contributed by atoms with Gasteiger partial charge in [-0.05, 0) is 74.1 Å². The van der Waals surface area contributed by atoms with Crippen molar-refractivity contribution in [1.29, 1.82) is 0 Å². The maximum absolute atomic E-state index is 12.8. The van der Waals surface area contributed by atoms with Crippen molar-refractivity contribution < 1.29 is 23.8 Å². The molecule has 192 valence electrons. The molecule has 0 atom stereocenters. The molecule has 0 bridgehead atoms. The van der Waals surface area contributed by atoms with Crippen molar-refractivity contribution in [2.24, 2.45) is 0 Å². The van der Waals surface area contributed by atoms with Gasteiger partial charge in [0.05, 0.1) is 19.8 Å². The molecule has 2 aromatic carbocycles. The molecule has 3 rings (SSSR count). The summed E-state index contributed by atoms with van der Waals surface area (Å²) in [5.41, 5.74) is 4.45. The van der Waals surface area contributed by atoms with E-state index in [9.17, 15) is 9.59 Å². The molecule has 36 heavy (non-hydrogen) atoms. The predicted octanol–water partition coefficient (Wildman–Crippen LogP) is 7.22. The van der Waals surface area contributed by atoms with Crippen LogP contribution in [0.25, 0.3) is 11.1 Å². The molecule has 7 heteroatoms. The van der Waals surface area contributed by atoms with E-state index in [0.29, 0.717) is 36.1 Å². The van der Waals surface area contributed by atoms with Crippen molar-refractivity contribution in [3.63, 3.8) is 0 Å². The molecule has 1 amide bonds. The fourth-order valence-corrected chi connectivity index (χ4v) is 4.94. The first kappa shape index (κ1) is 27.3. The smallest absolute Gasteiger partial charge is 0.341 e. The number of rotatable bonds is 12. The Morgan fingerprint density at radius 3 is 2.33 bits per heavy atom. The van der Waals surface area contributed by atoms with Crippen LogP contribution in [0, 0.1) is 6.92 Å².